The van der Waals surface area contributed by atoms with Crippen molar-refractivity contribution in [3.05, 3.63) is 23.5 Å². The van der Waals surface area contributed by atoms with E-state index < -0.39 is 17.3 Å². The first-order valence-corrected chi connectivity index (χ1v) is 6.68. The zero-order chi connectivity index (χ0) is 15.0. The van der Waals surface area contributed by atoms with E-state index >= 15 is 0 Å². The van der Waals surface area contributed by atoms with E-state index in [2.05, 4.69) is 0 Å². The summed E-state index contributed by atoms with van der Waals surface area (Å²) in [6, 6.07) is 3.45. The minimum absolute atomic E-state index is 0.164. The molecule has 1 heterocycles. The molecular weight excluding hydrogens is 266 g/mol. The molecule has 0 bridgehead atoms. The van der Waals surface area contributed by atoms with Crippen molar-refractivity contribution < 1.29 is 18.3 Å². The predicted octanol–water partition coefficient (Wildman–Crippen LogP) is 2.22. The topological polar surface area (TPSA) is 57.2 Å². The predicted molar refractivity (Wildman–Crippen MR) is 70.9 cm³/mol. The summed E-state index contributed by atoms with van der Waals surface area (Å²) in [4.78, 5) is 11.6. The lowest BCUT2D eigenvalue weighted by Gasteiger charge is -2.39. The van der Waals surface area contributed by atoms with Crippen LogP contribution in [-0.2, 0) is 17.2 Å². The molecule has 1 aromatic rings. The van der Waals surface area contributed by atoms with E-state index in [1.807, 2.05) is 0 Å². The van der Waals surface area contributed by atoms with E-state index in [0.29, 0.717) is 25.1 Å². The summed E-state index contributed by atoms with van der Waals surface area (Å²) < 4.78 is 33.2. The molecule has 0 aliphatic heterocycles. The molecule has 6 heteroatoms. The van der Waals surface area contributed by atoms with Gasteiger partial charge in [0, 0.05) is 37.5 Å². The average molecular weight is 286 g/mol. The summed E-state index contributed by atoms with van der Waals surface area (Å²) in [5.74, 6) is -3.04. The summed E-state index contributed by atoms with van der Waals surface area (Å²) in [5.41, 5.74) is 6.63. The van der Waals surface area contributed by atoms with Crippen molar-refractivity contribution >= 4 is 5.97 Å². The minimum Gasteiger partial charge on any atom is -0.464 e. The molecule has 0 aromatic carbocycles. The summed E-state index contributed by atoms with van der Waals surface area (Å²) in [5, 5.41) is 0. The van der Waals surface area contributed by atoms with Crippen molar-refractivity contribution in [2.75, 3.05) is 13.7 Å². The van der Waals surface area contributed by atoms with Gasteiger partial charge in [-0.2, -0.15) is 0 Å². The molecular formula is C14H20F2N2O2. The lowest BCUT2D eigenvalue weighted by Crippen LogP contribution is -2.43. The van der Waals surface area contributed by atoms with Crippen LogP contribution in [0.15, 0.2) is 12.1 Å². The van der Waals surface area contributed by atoms with Crippen LogP contribution in [0.5, 0.6) is 0 Å². The Morgan fingerprint density at radius 3 is 2.45 bits per heavy atom. The smallest absolute Gasteiger partial charge is 0.354 e. The highest BCUT2D eigenvalue weighted by molar-refractivity contribution is 5.87. The fourth-order valence-electron chi connectivity index (χ4n) is 3.01. The lowest BCUT2D eigenvalue weighted by atomic mass is 9.70. The number of carbonyl (C=O) groups excluding carboxylic acids is 1. The first kappa shape index (κ1) is 15.0. The number of carbonyl (C=O) groups is 1. The number of esters is 1. The van der Waals surface area contributed by atoms with Gasteiger partial charge in [-0.25, -0.2) is 13.6 Å². The third-order valence-corrected chi connectivity index (χ3v) is 4.39. The van der Waals surface area contributed by atoms with E-state index in [9.17, 15) is 13.6 Å². The van der Waals surface area contributed by atoms with Gasteiger partial charge in [0.2, 0.25) is 5.92 Å². The Hall–Kier alpha value is -1.43. The van der Waals surface area contributed by atoms with Crippen LogP contribution < -0.4 is 5.73 Å². The highest BCUT2D eigenvalue weighted by Crippen LogP contribution is 2.45. The zero-order valence-electron chi connectivity index (χ0n) is 11.8. The molecule has 1 aliphatic rings. The maximum absolute atomic E-state index is 13.4. The van der Waals surface area contributed by atoms with Crippen molar-refractivity contribution in [2.45, 2.75) is 37.0 Å². The van der Waals surface area contributed by atoms with E-state index in [1.54, 1.807) is 23.7 Å². The third kappa shape index (κ3) is 2.44. The van der Waals surface area contributed by atoms with Crippen molar-refractivity contribution in [1.29, 1.82) is 0 Å². The standard InChI is InChI=1S/C14H20F2N2O2/c1-18-10(12(19)20-2)3-4-11(18)13(9-17)5-7-14(15,16)8-6-13/h3-4H,5-9,17H2,1-2H3. The van der Waals surface area contributed by atoms with E-state index in [4.69, 9.17) is 10.5 Å². The molecule has 1 saturated carbocycles. The lowest BCUT2D eigenvalue weighted by molar-refractivity contribution is -0.0517. The number of methoxy groups -OCH3 is 1. The van der Waals surface area contributed by atoms with Crippen molar-refractivity contribution in [2.24, 2.45) is 12.8 Å². The molecule has 0 spiro atoms. The molecule has 0 unspecified atom stereocenters. The normalized spacial score (nSPS) is 20.6. The number of hydrogen-bond donors (Lipinski definition) is 1. The molecule has 0 radical (unpaired) electrons. The number of ether oxygens (including phenoxy) is 1. The highest BCUT2D eigenvalue weighted by atomic mass is 19.3. The molecule has 2 N–H and O–H groups in total. The first-order valence-electron chi connectivity index (χ1n) is 6.68. The van der Waals surface area contributed by atoms with Gasteiger partial charge in [-0.15, -0.1) is 0 Å². The SMILES string of the molecule is COC(=O)c1ccc(C2(CN)CCC(F)(F)CC2)n1C. The Labute approximate surface area is 116 Å². The van der Waals surface area contributed by atoms with Crippen LogP contribution in [0.3, 0.4) is 0 Å². The number of aromatic nitrogens is 1. The van der Waals surface area contributed by atoms with Crippen molar-refractivity contribution in [3.8, 4) is 0 Å². The summed E-state index contributed by atoms with van der Waals surface area (Å²) >= 11 is 0. The fourth-order valence-corrected chi connectivity index (χ4v) is 3.01. The summed E-state index contributed by atoms with van der Waals surface area (Å²) in [6.45, 7) is 0.293. The minimum atomic E-state index is -2.60. The Morgan fingerprint density at radius 1 is 1.35 bits per heavy atom. The summed E-state index contributed by atoms with van der Waals surface area (Å²) in [7, 11) is 3.06. The molecule has 0 amide bonds. The molecule has 2 rings (SSSR count). The molecule has 0 saturated heterocycles. The largest absolute Gasteiger partial charge is 0.464 e. The molecule has 112 valence electrons. The highest BCUT2D eigenvalue weighted by Gasteiger charge is 2.45. The van der Waals surface area contributed by atoms with E-state index in [-0.39, 0.29) is 12.8 Å². The Bertz CT molecular complexity index is 501. The van der Waals surface area contributed by atoms with E-state index in [0.717, 1.165) is 5.69 Å². The van der Waals surface area contributed by atoms with Crippen molar-refractivity contribution in [3.63, 3.8) is 0 Å². The molecule has 1 aliphatic carbocycles. The number of rotatable bonds is 3. The van der Waals surface area contributed by atoms with Crippen LogP contribution in [-0.4, -0.2) is 30.1 Å². The monoisotopic (exact) mass is 286 g/mol. The van der Waals surface area contributed by atoms with Crippen LogP contribution in [0.4, 0.5) is 8.78 Å². The quantitative estimate of drug-likeness (QED) is 0.867. The number of alkyl halides is 2. The maximum Gasteiger partial charge on any atom is 0.354 e. The molecule has 20 heavy (non-hydrogen) atoms. The van der Waals surface area contributed by atoms with Crippen molar-refractivity contribution in [1.82, 2.24) is 4.57 Å². The third-order valence-electron chi connectivity index (χ3n) is 4.39. The van der Waals surface area contributed by atoms with Crippen LogP contribution in [0.25, 0.3) is 0 Å². The average Bonchev–Trinajstić information content (AvgIpc) is 2.81. The number of hydrogen-bond acceptors (Lipinski definition) is 3. The summed E-state index contributed by atoms with van der Waals surface area (Å²) in [6.07, 6.45) is 0.329. The second kappa shape index (κ2) is 5.16. The van der Waals surface area contributed by atoms with Gasteiger partial charge >= 0.3 is 5.97 Å². The molecule has 0 atom stereocenters. The molecule has 1 aromatic heterocycles. The van der Waals surface area contributed by atoms with Crippen LogP contribution in [0, 0.1) is 0 Å². The van der Waals surface area contributed by atoms with Crippen LogP contribution in [0.1, 0.15) is 41.9 Å². The Balaban J connectivity index is 2.34. The van der Waals surface area contributed by atoms with Gasteiger partial charge in [0.1, 0.15) is 5.69 Å². The van der Waals surface area contributed by atoms with Gasteiger partial charge in [0.15, 0.2) is 0 Å². The van der Waals surface area contributed by atoms with Gasteiger partial charge in [-0.3, -0.25) is 0 Å². The Kier molecular flexibility index (Phi) is 3.86. The Morgan fingerprint density at radius 2 is 1.95 bits per heavy atom. The van der Waals surface area contributed by atoms with Gasteiger partial charge in [-0.05, 0) is 25.0 Å². The van der Waals surface area contributed by atoms with Crippen LogP contribution >= 0.6 is 0 Å². The van der Waals surface area contributed by atoms with E-state index in [1.165, 1.54) is 7.11 Å². The van der Waals surface area contributed by atoms with Gasteiger partial charge in [0.25, 0.3) is 0 Å². The fraction of sp³-hybridized carbons (Fsp3) is 0.643. The zero-order valence-corrected chi connectivity index (χ0v) is 11.8. The number of nitrogens with two attached hydrogens (primary N) is 1. The first-order chi connectivity index (χ1) is 9.35. The van der Waals surface area contributed by atoms with Gasteiger partial charge in [0.05, 0.1) is 7.11 Å². The molecule has 1 fully saturated rings. The second-order valence-electron chi connectivity index (χ2n) is 5.49. The molecule has 4 nitrogen and oxygen atoms in total. The number of halogens is 2. The van der Waals surface area contributed by atoms with Gasteiger partial charge in [-0.1, -0.05) is 0 Å². The van der Waals surface area contributed by atoms with Gasteiger partial charge < -0.3 is 15.0 Å². The number of nitrogens with zero attached hydrogens (tertiary/aromatic N) is 1. The maximum atomic E-state index is 13.4. The van der Waals surface area contributed by atoms with Crippen LogP contribution in [0.2, 0.25) is 0 Å². The second-order valence-corrected chi connectivity index (χ2v) is 5.49.